The highest BCUT2D eigenvalue weighted by Gasteiger charge is 2.21. The number of hydrogen-bond donors (Lipinski definition) is 4. The molecule has 0 radical (unpaired) electrons. The van der Waals surface area contributed by atoms with Crippen LogP contribution in [0.2, 0.25) is 5.02 Å². The van der Waals surface area contributed by atoms with Gasteiger partial charge in [-0.1, -0.05) is 29.8 Å². The summed E-state index contributed by atoms with van der Waals surface area (Å²) in [6, 6.07) is 11.4. The van der Waals surface area contributed by atoms with Gasteiger partial charge in [0.2, 0.25) is 5.91 Å². The van der Waals surface area contributed by atoms with Crippen molar-refractivity contribution in [2.45, 2.75) is 31.7 Å². The van der Waals surface area contributed by atoms with Crippen molar-refractivity contribution in [1.82, 2.24) is 5.32 Å². The van der Waals surface area contributed by atoms with Crippen LogP contribution in [0.4, 0.5) is 5.69 Å². The van der Waals surface area contributed by atoms with E-state index in [2.05, 4.69) is 10.6 Å². The lowest BCUT2D eigenvalue weighted by molar-refractivity contribution is -0.121. The zero-order valence-corrected chi connectivity index (χ0v) is 15.9. The van der Waals surface area contributed by atoms with Crippen molar-refractivity contribution in [2.24, 2.45) is 5.73 Å². The van der Waals surface area contributed by atoms with E-state index >= 15 is 0 Å². The molecule has 0 saturated carbocycles. The summed E-state index contributed by atoms with van der Waals surface area (Å²) < 4.78 is 0. The van der Waals surface area contributed by atoms with Crippen molar-refractivity contribution in [1.29, 1.82) is 0 Å². The van der Waals surface area contributed by atoms with Gasteiger partial charge in [-0.2, -0.15) is 0 Å². The molecule has 0 fully saturated rings. The van der Waals surface area contributed by atoms with Crippen LogP contribution in [-0.2, 0) is 16.1 Å². The first-order chi connectivity index (χ1) is 13.4. The zero-order valence-electron chi connectivity index (χ0n) is 15.1. The van der Waals surface area contributed by atoms with Gasteiger partial charge in [0.15, 0.2) is 6.29 Å². The Balaban J connectivity index is 2.09. The average Bonchev–Trinajstić information content (AvgIpc) is 2.69. The largest absolute Gasteiger partial charge is 0.381 e. The highest BCUT2D eigenvalue weighted by molar-refractivity contribution is 6.30. The highest BCUT2D eigenvalue weighted by Crippen LogP contribution is 2.21. The molecule has 1 amide bonds. The van der Waals surface area contributed by atoms with Crippen molar-refractivity contribution in [3.05, 3.63) is 64.2 Å². The third kappa shape index (κ3) is 6.16. The van der Waals surface area contributed by atoms with Crippen LogP contribution >= 0.6 is 11.6 Å². The standard InChI is InChI=1S/C20H22ClN3O4/c21-15-4-1-3-13(9-15)11-23-16-6-7-17(14(10-16)12-26)20(28)24-18(19(22)27)5-2-8-25/h1,3-4,6-10,12,18,20,23-24,28H,2,5,11H2,(H2,22,27). The lowest BCUT2D eigenvalue weighted by Gasteiger charge is -2.21. The molecule has 0 aliphatic rings. The van der Waals surface area contributed by atoms with Crippen molar-refractivity contribution < 1.29 is 19.5 Å². The number of halogens is 1. The maximum Gasteiger partial charge on any atom is 0.234 e. The van der Waals surface area contributed by atoms with Gasteiger partial charge in [-0.15, -0.1) is 0 Å². The Bertz CT molecular complexity index is 844. The van der Waals surface area contributed by atoms with Gasteiger partial charge in [0, 0.05) is 34.8 Å². The number of nitrogens with two attached hydrogens (primary N) is 1. The number of carbonyl (C=O) groups is 3. The Morgan fingerprint density at radius 1 is 1.21 bits per heavy atom. The molecule has 8 heteroatoms. The molecule has 0 spiro atoms. The van der Waals surface area contributed by atoms with E-state index in [1.807, 2.05) is 18.2 Å². The summed E-state index contributed by atoms with van der Waals surface area (Å²) in [5.74, 6) is -0.687. The van der Waals surface area contributed by atoms with E-state index in [0.29, 0.717) is 35.4 Å². The van der Waals surface area contributed by atoms with Crippen LogP contribution in [0.15, 0.2) is 42.5 Å². The molecule has 0 heterocycles. The Morgan fingerprint density at radius 3 is 2.64 bits per heavy atom. The molecule has 0 aromatic heterocycles. The van der Waals surface area contributed by atoms with Gasteiger partial charge in [0.1, 0.15) is 12.5 Å². The minimum atomic E-state index is -1.29. The summed E-state index contributed by atoms with van der Waals surface area (Å²) in [6.45, 7) is 0.508. The van der Waals surface area contributed by atoms with Gasteiger partial charge in [-0.25, -0.2) is 0 Å². The van der Waals surface area contributed by atoms with E-state index in [1.54, 1.807) is 24.3 Å². The molecular weight excluding hydrogens is 382 g/mol. The molecule has 28 heavy (non-hydrogen) atoms. The molecule has 0 bridgehead atoms. The fourth-order valence-electron chi connectivity index (χ4n) is 2.71. The van der Waals surface area contributed by atoms with Crippen LogP contribution in [-0.4, -0.2) is 29.6 Å². The third-order valence-corrected chi connectivity index (χ3v) is 4.40. The average molecular weight is 404 g/mol. The third-order valence-electron chi connectivity index (χ3n) is 4.17. The number of amides is 1. The summed E-state index contributed by atoms with van der Waals surface area (Å²) in [6.07, 6.45) is 0.286. The van der Waals surface area contributed by atoms with Crippen LogP contribution in [0.1, 0.15) is 40.6 Å². The second kappa shape index (κ2) is 10.6. The second-order valence-electron chi connectivity index (χ2n) is 6.21. The van der Waals surface area contributed by atoms with Gasteiger partial charge in [-0.05, 0) is 36.2 Å². The van der Waals surface area contributed by atoms with Crippen LogP contribution in [0.3, 0.4) is 0 Å². The molecule has 2 rings (SSSR count). The van der Waals surface area contributed by atoms with Crippen LogP contribution in [0.5, 0.6) is 0 Å². The number of anilines is 1. The van der Waals surface area contributed by atoms with Gasteiger partial charge >= 0.3 is 0 Å². The molecule has 148 valence electrons. The van der Waals surface area contributed by atoms with Crippen LogP contribution in [0.25, 0.3) is 0 Å². The summed E-state index contributed by atoms with van der Waals surface area (Å²) in [5.41, 5.74) is 7.51. The van der Waals surface area contributed by atoms with E-state index in [-0.39, 0.29) is 18.4 Å². The number of primary amides is 1. The quantitative estimate of drug-likeness (QED) is 0.337. The molecule has 2 aromatic carbocycles. The van der Waals surface area contributed by atoms with Gasteiger partial charge in [0.25, 0.3) is 0 Å². The molecule has 2 aromatic rings. The summed E-state index contributed by atoms with van der Waals surface area (Å²) in [4.78, 5) is 33.4. The molecule has 0 saturated heterocycles. The summed E-state index contributed by atoms with van der Waals surface area (Å²) in [5, 5.41) is 16.9. The zero-order chi connectivity index (χ0) is 20.5. The van der Waals surface area contributed by atoms with Crippen LogP contribution < -0.4 is 16.4 Å². The second-order valence-corrected chi connectivity index (χ2v) is 6.65. The Morgan fingerprint density at radius 2 is 2.00 bits per heavy atom. The molecule has 0 aliphatic carbocycles. The smallest absolute Gasteiger partial charge is 0.234 e. The fourth-order valence-corrected chi connectivity index (χ4v) is 2.92. The fraction of sp³-hybridized carbons (Fsp3) is 0.250. The lowest BCUT2D eigenvalue weighted by Crippen LogP contribution is -2.43. The number of benzene rings is 2. The number of carbonyl (C=O) groups excluding carboxylic acids is 3. The summed E-state index contributed by atoms with van der Waals surface area (Å²) >= 11 is 5.96. The normalized spacial score (nSPS) is 12.8. The minimum Gasteiger partial charge on any atom is -0.381 e. The van der Waals surface area contributed by atoms with E-state index < -0.39 is 18.2 Å². The molecule has 7 nitrogen and oxygen atoms in total. The SMILES string of the molecule is NC(=O)C(CCC=O)NC(O)c1ccc(NCc2cccc(Cl)c2)cc1C=O. The number of nitrogens with one attached hydrogen (secondary N) is 2. The highest BCUT2D eigenvalue weighted by atomic mass is 35.5. The van der Waals surface area contributed by atoms with Crippen LogP contribution in [0, 0.1) is 0 Å². The van der Waals surface area contributed by atoms with Gasteiger partial charge < -0.3 is 21.0 Å². The molecule has 2 unspecified atom stereocenters. The number of aliphatic hydroxyl groups excluding tert-OH is 1. The molecule has 0 aliphatic heterocycles. The topological polar surface area (TPSA) is 122 Å². The predicted octanol–water partition coefficient (Wildman–Crippen LogP) is 2.18. The summed E-state index contributed by atoms with van der Waals surface area (Å²) in [7, 11) is 0. The first-order valence-electron chi connectivity index (χ1n) is 8.69. The first kappa shape index (κ1) is 21.6. The minimum absolute atomic E-state index is 0.125. The van der Waals surface area contributed by atoms with Gasteiger partial charge in [-0.3, -0.25) is 14.9 Å². The monoisotopic (exact) mass is 403 g/mol. The van der Waals surface area contributed by atoms with E-state index in [9.17, 15) is 19.5 Å². The number of aldehydes is 2. The van der Waals surface area contributed by atoms with Crippen molar-refractivity contribution >= 4 is 35.8 Å². The van der Waals surface area contributed by atoms with Gasteiger partial charge in [0.05, 0.1) is 6.04 Å². The van der Waals surface area contributed by atoms with E-state index in [0.717, 1.165) is 5.56 Å². The number of aliphatic hydroxyl groups is 1. The number of hydrogen-bond acceptors (Lipinski definition) is 6. The first-order valence-corrected chi connectivity index (χ1v) is 9.07. The Labute approximate surface area is 167 Å². The number of rotatable bonds is 11. The maximum absolute atomic E-state index is 11.5. The molecular formula is C20H22ClN3O4. The predicted molar refractivity (Wildman–Crippen MR) is 107 cm³/mol. The van der Waals surface area contributed by atoms with E-state index in [4.69, 9.17) is 17.3 Å². The van der Waals surface area contributed by atoms with Crippen molar-refractivity contribution in [2.75, 3.05) is 5.32 Å². The Hall–Kier alpha value is -2.74. The lowest BCUT2D eigenvalue weighted by atomic mass is 10.0. The van der Waals surface area contributed by atoms with E-state index in [1.165, 1.54) is 0 Å². The molecule has 5 N–H and O–H groups in total. The molecule has 2 atom stereocenters. The van der Waals surface area contributed by atoms with Crippen molar-refractivity contribution in [3.8, 4) is 0 Å². The maximum atomic E-state index is 11.5. The van der Waals surface area contributed by atoms with Crippen molar-refractivity contribution in [3.63, 3.8) is 0 Å². The Kier molecular flexibility index (Phi) is 8.13.